The molecule has 16 heavy (non-hydrogen) atoms. The van der Waals surface area contributed by atoms with Crippen molar-refractivity contribution in [1.29, 1.82) is 0 Å². The second-order valence-corrected chi connectivity index (χ2v) is 2.23. The second kappa shape index (κ2) is 17.9. The molecule has 2 radical (unpaired) electrons. The van der Waals surface area contributed by atoms with Crippen molar-refractivity contribution in [3.8, 4) is 0 Å². The third kappa shape index (κ3) is 16.9. The van der Waals surface area contributed by atoms with Gasteiger partial charge in [0.15, 0.2) is 0 Å². The Bertz CT molecular complexity index is 269. The van der Waals surface area contributed by atoms with Gasteiger partial charge in [0.1, 0.15) is 0 Å². The molecule has 0 fully saturated rings. The summed E-state index contributed by atoms with van der Waals surface area (Å²) in [6.45, 7) is 18.2. The van der Waals surface area contributed by atoms with Gasteiger partial charge in [-0.2, -0.15) is 0 Å². The number of aldehydes is 2. The van der Waals surface area contributed by atoms with E-state index in [4.69, 9.17) is 19.7 Å². The van der Waals surface area contributed by atoms with Crippen molar-refractivity contribution < 1.29 is 75.0 Å². The van der Waals surface area contributed by atoms with Gasteiger partial charge >= 0.3 is 0 Å². The summed E-state index contributed by atoms with van der Waals surface area (Å²) in [5, 5.41) is 0. The van der Waals surface area contributed by atoms with Crippen molar-refractivity contribution in [1.82, 2.24) is 0 Å². The van der Waals surface area contributed by atoms with Crippen molar-refractivity contribution >= 4 is 12.6 Å². The molecule has 0 aromatic rings. The van der Waals surface area contributed by atoms with Gasteiger partial charge in [0.25, 0.3) is 0 Å². The normalized spacial score (nSPS) is 8.00. The summed E-state index contributed by atoms with van der Waals surface area (Å²) in [5.74, 6) is 0. The van der Waals surface area contributed by atoms with Gasteiger partial charge in [0, 0.05) is 65.4 Å². The monoisotopic (exact) mass is 366 g/mol. The third-order valence-electron chi connectivity index (χ3n) is 1.26. The molecule has 0 N–H and O–H groups in total. The summed E-state index contributed by atoms with van der Waals surface area (Å²) in [6, 6.07) is 0. The number of allylic oxidation sites excluding steroid dienone is 5. The van der Waals surface area contributed by atoms with E-state index in [1.54, 1.807) is 13.8 Å². The van der Waals surface area contributed by atoms with Crippen molar-refractivity contribution in [3.63, 3.8) is 0 Å². The molecule has 82 valence electrons. The number of carbonyl (C=O) groups is 2. The SMILES string of the molecule is [CH-]=C(C=O)C(C)=[C-]C.[CH-]=CC(=[CH-])C=O.[Y].[Y]. The molecule has 0 amide bonds. The molecule has 0 heterocycles. The second-order valence-electron chi connectivity index (χ2n) is 2.23. The number of rotatable bonds is 4. The summed E-state index contributed by atoms with van der Waals surface area (Å²) in [4.78, 5) is 19.3. The molecule has 0 aromatic heterocycles. The molecule has 0 atom stereocenters. The average Bonchev–Trinajstić information content (AvgIpc) is 2.26. The molecule has 0 aliphatic heterocycles. The van der Waals surface area contributed by atoms with Crippen LogP contribution in [0.3, 0.4) is 0 Å². The van der Waals surface area contributed by atoms with Crippen LogP contribution in [0.25, 0.3) is 0 Å². The van der Waals surface area contributed by atoms with E-state index in [2.05, 4.69) is 6.08 Å². The zero-order chi connectivity index (χ0) is 11.6. The molecule has 0 bridgehead atoms. The molecule has 4 heteroatoms. The van der Waals surface area contributed by atoms with Gasteiger partial charge in [-0.05, 0) is 12.6 Å². The van der Waals surface area contributed by atoms with Gasteiger partial charge in [-0.1, -0.05) is 0 Å². The zero-order valence-electron chi connectivity index (χ0n) is 9.44. The van der Waals surface area contributed by atoms with E-state index < -0.39 is 0 Å². The first-order valence-electron chi connectivity index (χ1n) is 3.75. The quantitative estimate of drug-likeness (QED) is 0.330. The minimum absolute atomic E-state index is 0. The smallest absolute Gasteiger partial charge is 0 e. The predicted molar refractivity (Wildman–Crippen MR) is 54.7 cm³/mol. The van der Waals surface area contributed by atoms with E-state index in [1.165, 1.54) is 0 Å². The molecule has 2 nitrogen and oxygen atoms in total. The van der Waals surface area contributed by atoms with E-state index in [0.29, 0.717) is 18.1 Å². The van der Waals surface area contributed by atoms with Crippen LogP contribution >= 0.6 is 0 Å². The van der Waals surface area contributed by atoms with Gasteiger partial charge in [0.2, 0.25) is 0 Å². The van der Waals surface area contributed by atoms with Gasteiger partial charge in [-0.25, -0.2) is 0 Å². The first-order chi connectivity index (χ1) is 6.53. The number of hydrogen-bond donors (Lipinski definition) is 0. The van der Waals surface area contributed by atoms with Gasteiger partial charge in [-0.3, -0.25) is 0 Å². The van der Waals surface area contributed by atoms with Crippen LogP contribution in [0, 0.1) is 25.8 Å². The van der Waals surface area contributed by atoms with E-state index >= 15 is 0 Å². The Kier molecular flexibility index (Phi) is 28.4. The van der Waals surface area contributed by atoms with Gasteiger partial charge in [-0.15, -0.1) is 13.8 Å². The van der Waals surface area contributed by atoms with Crippen molar-refractivity contribution in [3.05, 3.63) is 48.6 Å². The van der Waals surface area contributed by atoms with E-state index in [0.717, 1.165) is 6.08 Å². The van der Waals surface area contributed by atoms with E-state index in [1.807, 2.05) is 0 Å². The predicted octanol–water partition coefficient (Wildman–Crippen LogP) is 1.84. The zero-order valence-corrected chi connectivity index (χ0v) is 15.1. The molecule has 0 saturated carbocycles. The minimum atomic E-state index is 0. The molecule has 0 spiro atoms. The Morgan fingerprint density at radius 2 is 1.56 bits per heavy atom. The molecule has 0 unspecified atom stereocenters. The summed E-state index contributed by atoms with van der Waals surface area (Å²) < 4.78 is 0. The fourth-order valence-corrected chi connectivity index (χ4v) is 0.272. The molecule has 0 aliphatic carbocycles. The molecule has 0 rings (SSSR count). The van der Waals surface area contributed by atoms with Crippen LogP contribution in [0.2, 0.25) is 0 Å². The summed E-state index contributed by atoms with van der Waals surface area (Å²) in [6.07, 6.45) is 4.89. The van der Waals surface area contributed by atoms with Crippen LogP contribution in [0.5, 0.6) is 0 Å². The molecular formula is C12H12O2Y2-4. The first kappa shape index (κ1) is 25.4. The summed E-state index contributed by atoms with van der Waals surface area (Å²) >= 11 is 0. The average molecular weight is 366 g/mol. The van der Waals surface area contributed by atoms with Crippen LogP contribution in [0.4, 0.5) is 0 Å². The van der Waals surface area contributed by atoms with Crippen LogP contribution in [-0.4, -0.2) is 12.6 Å². The van der Waals surface area contributed by atoms with Crippen molar-refractivity contribution in [2.75, 3.05) is 0 Å². The van der Waals surface area contributed by atoms with E-state index in [-0.39, 0.29) is 76.6 Å². The molecule has 0 saturated heterocycles. The Hall–Kier alpha value is 0.508. The van der Waals surface area contributed by atoms with E-state index in [9.17, 15) is 9.59 Å². The molecular weight excluding hydrogens is 354 g/mol. The third-order valence-corrected chi connectivity index (χ3v) is 1.26. The maximum absolute atomic E-state index is 9.88. The summed E-state index contributed by atoms with van der Waals surface area (Å²) in [5.41, 5.74) is 1.03. The number of hydrogen-bond acceptors (Lipinski definition) is 2. The Morgan fingerprint density at radius 1 is 1.12 bits per heavy atom. The van der Waals surface area contributed by atoms with Gasteiger partial charge in [0.05, 0.1) is 0 Å². The first-order valence-corrected chi connectivity index (χ1v) is 3.75. The van der Waals surface area contributed by atoms with Crippen molar-refractivity contribution in [2.24, 2.45) is 0 Å². The van der Waals surface area contributed by atoms with Crippen LogP contribution in [0.15, 0.2) is 22.8 Å². The Balaban J connectivity index is -0.0000000825. The Labute approximate surface area is 148 Å². The maximum Gasteiger partial charge on any atom is 0 e. The summed E-state index contributed by atoms with van der Waals surface area (Å²) in [7, 11) is 0. The number of carbonyl (C=O) groups excluding carboxylic acids is 2. The Morgan fingerprint density at radius 3 is 1.62 bits per heavy atom. The van der Waals surface area contributed by atoms with Gasteiger partial charge < -0.3 is 58.2 Å². The maximum atomic E-state index is 9.88. The van der Waals surface area contributed by atoms with Crippen LogP contribution < -0.4 is 0 Å². The van der Waals surface area contributed by atoms with Crippen LogP contribution in [0.1, 0.15) is 13.8 Å². The molecule has 0 aromatic carbocycles. The van der Waals surface area contributed by atoms with Crippen LogP contribution in [-0.2, 0) is 75.0 Å². The standard InChI is InChI=1S/C7H8O.C5H4O.2Y/c1-4-6(2)7(3)5-8;1-3-5(2)4-6;;/h3,5H,1-2H3;1-4H;;/q2*-2;;. The minimum Gasteiger partial charge on any atom is -0.395 e. The topological polar surface area (TPSA) is 34.1 Å². The fourth-order valence-electron chi connectivity index (χ4n) is 0.272. The fraction of sp³-hybridized carbons (Fsp3) is 0.167. The van der Waals surface area contributed by atoms with Crippen molar-refractivity contribution in [2.45, 2.75) is 13.8 Å². The molecule has 0 aliphatic rings. The largest absolute Gasteiger partial charge is 0.395 e.